The lowest BCUT2D eigenvalue weighted by Gasteiger charge is -2.35. The van der Waals surface area contributed by atoms with E-state index in [0.717, 1.165) is 31.2 Å². The second-order valence-corrected chi connectivity index (χ2v) is 5.52. The highest BCUT2D eigenvalue weighted by Crippen LogP contribution is 2.25. The molecule has 0 aromatic heterocycles. The van der Waals surface area contributed by atoms with Crippen LogP contribution in [0.1, 0.15) is 41.6 Å². The summed E-state index contributed by atoms with van der Waals surface area (Å²) in [5.41, 5.74) is 1.61. The first-order valence-electron chi connectivity index (χ1n) is 7.14. The molecule has 4 heteroatoms. The number of aryl methyl sites for hydroxylation is 1. The van der Waals surface area contributed by atoms with Gasteiger partial charge in [-0.2, -0.15) is 0 Å². The summed E-state index contributed by atoms with van der Waals surface area (Å²) in [6.07, 6.45) is 3.34. The molecule has 110 valence electrons. The van der Waals surface area contributed by atoms with Crippen molar-refractivity contribution in [1.29, 1.82) is 0 Å². The normalized spacial score (nSPS) is 22.4. The quantitative estimate of drug-likeness (QED) is 0.923. The molecule has 0 bridgehead atoms. The van der Waals surface area contributed by atoms with Gasteiger partial charge in [0, 0.05) is 12.6 Å². The maximum atomic E-state index is 12.5. The summed E-state index contributed by atoms with van der Waals surface area (Å²) in [6, 6.07) is 5.38. The Hall–Kier alpha value is -1.55. The molecular formula is C16H23NO3. The second kappa shape index (κ2) is 6.27. The van der Waals surface area contributed by atoms with Gasteiger partial charge in [-0.3, -0.25) is 4.79 Å². The topological polar surface area (TPSA) is 49.8 Å². The Bertz CT molecular complexity index is 487. The average molecular weight is 277 g/mol. The molecule has 0 aliphatic heterocycles. The van der Waals surface area contributed by atoms with Crippen LogP contribution in [0.25, 0.3) is 0 Å². The number of nitrogens with zero attached hydrogens (tertiary/aromatic N) is 1. The number of rotatable bonds is 3. The van der Waals surface area contributed by atoms with E-state index in [4.69, 9.17) is 4.74 Å². The van der Waals surface area contributed by atoms with Crippen LogP contribution in [-0.2, 0) is 0 Å². The van der Waals surface area contributed by atoms with E-state index < -0.39 is 6.10 Å². The van der Waals surface area contributed by atoms with Gasteiger partial charge in [-0.15, -0.1) is 0 Å². The number of aliphatic hydroxyl groups excluding tert-OH is 1. The molecule has 4 nitrogen and oxygen atoms in total. The van der Waals surface area contributed by atoms with Gasteiger partial charge in [-0.05, 0) is 37.5 Å². The number of hydrogen-bond acceptors (Lipinski definition) is 3. The van der Waals surface area contributed by atoms with Gasteiger partial charge in [0.05, 0.1) is 19.3 Å². The van der Waals surface area contributed by atoms with Crippen molar-refractivity contribution in [3.05, 3.63) is 29.3 Å². The zero-order chi connectivity index (χ0) is 14.7. The maximum Gasteiger partial charge on any atom is 0.254 e. The minimum Gasteiger partial charge on any atom is -0.496 e. The highest BCUT2D eigenvalue weighted by Gasteiger charge is 2.29. The van der Waals surface area contributed by atoms with E-state index in [-0.39, 0.29) is 11.9 Å². The lowest BCUT2D eigenvalue weighted by molar-refractivity contribution is 0.0268. The van der Waals surface area contributed by atoms with Gasteiger partial charge in [-0.25, -0.2) is 0 Å². The minimum absolute atomic E-state index is 0.0609. The van der Waals surface area contributed by atoms with Gasteiger partial charge >= 0.3 is 0 Å². The Morgan fingerprint density at radius 2 is 2.05 bits per heavy atom. The van der Waals surface area contributed by atoms with E-state index in [1.165, 1.54) is 0 Å². The number of benzene rings is 1. The van der Waals surface area contributed by atoms with E-state index in [1.807, 2.05) is 19.1 Å². The third-order valence-electron chi connectivity index (χ3n) is 4.17. The zero-order valence-electron chi connectivity index (χ0n) is 12.4. The molecule has 0 saturated heterocycles. The molecule has 1 amide bonds. The number of amides is 1. The van der Waals surface area contributed by atoms with Crippen molar-refractivity contribution in [2.24, 2.45) is 0 Å². The molecule has 1 aromatic carbocycles. The molecule has 2 unspecified atom stereocenters. The van der Waals surface area contributed by atoms with E-state index in [9.17, 15) is 9.90 Å². The van der Waals surface area contributed by atoms with Crippen molar-refractivity contribution >= 4 is 5.91 Å². The van der Waals surface area contributed by atoms with Gasteiger partial charge in [0.25, 0.3) is 5.91 Å². The number of carbonyl (C=O) groups is 1. The smallest absolute Gasteiger partial charge is 0.254 e. The summed E-state index contributed by atoms with van der Waals surface area (Å²) >= 11 is 0. The summed E-state index contributed by atoms with van der Waals surface area (Å²) in [5.74, 6) is 0.655. The number of hydrogen-bond donors (Lipinski definition) is 1. The van der Waals surface area contributed by atoms with Crippen LogP contribution >= 0.6 is 0 Å². The maximum absolute atomic E-state index is 12.5. The zero-order valence-corrected chi connectivity index (χ0v) is 12.4. The van der Waals surface area contributed by atoms with Crippen LogP contribution in [0.3, 0.4) is 0 Å². The first-order valence-corrected chi connectivity index (χ1v) is 7.14. The molecule has 1 saturated carbocycles. The summed E-state index contributed by atoms with van der Waals surface area (Å²) in [5, 5.41) is 10.1. The van der Waals surface area contributed by atoms with Crippen LogP contribution in [0.4, 0.5) is 0 Å². The Morgan fingerprint density at radius 1 is 1.35 bits per heavy atom. The van der Waals surface area contributed by atoms with Gasteiger partial charge in [0.1, 0.15) is 5.75 Å². The Kier molecular flexibility index (Phi) is 4.65. The van der Waals surface area contributed by atoms with E-state index in [1.54, 1.807) is 25.1 Å². The molecule has 0 radical (unpaired) electrons. The first kappa shape index (κ1) is 14.9. The van der Waals surface area contributed by atoms with Crippen LogP contribution in [0.5, 0.6) is 5.75 Å². The number of aliphatic hydroxyl groups is 1. The molecule has 1 aliphatic rings. The largest absolute Gasteiger partial charge is 0.496 e. The second-order valence-electron chi connectivity index (χ2n) is 5.52. The molecule has 2 rings (SSSR count). The molecule has 0 heterocycles. The van der Waals surface area contributed by atoms with Crippen molar-refractivity contribution < 1.29 is 14.6 Å². The van der Waals surface area contributed by atoms with Crippen LogP contribution in [0, 0.1) is 6.92 Å². The van der Waals surface area contributed by atoms with E-state index in [2.05, 4.69) is 0 Å². The van der Waals surface area contributed by atoms with E-state index >= 15 is 0 Å². The van der Waals surface area contributed by atoms with Crippen LogP contribution in [0.15, 0.2) is 18.2 Å². The van der Waals surface area contributed by atoms with Crippen LogP contribution < -0.4 is 4.74 Å². The summed E-state index contributed by atoms with van der Waals surface area (Å²) in [6.45, 7) is 1.95. The fourth-order valence-corrected chi connectivity index (χ4v) is 2.85. The molecule has 1 N–H and O–H groups in total. The van der Waals surface area contributed by atoms with Gasteiger partial charge in [0.2, 0.25) is 0 Å². The molecule has 20 heavy (non-hydrogen) atoms. The number of ether oxygens (including phenoxy) is 1. The van der Waals surface area contributed by atoms with Crippen molar-refractivity contribution in [1.82, 2.24) is 4.90 Å². The SMILES string of the molecule is COc1cc(C(=O)N(C)C2CCCCC2O)ccc1C. The number of likely N-dealkylation sites (N-methyl/N-ethyl adjacent to an activating group) is 1. The van der Waals surface area contributed by atoms with Crippen molar-refractivity contribution in [3.8, 4) is 5.75 Å². The summed E-state index contributed by atoms with van der Waals surface area (Å²) in [4.78, 5) is 14.2. The first-order chi connectivity index (χ1) is 9.54. The highest BCUT2D eigenvalue weighted by molar-refractivity contribution is 5.94. The monoisotopic (exact) mass is 277 g/mol. The number of carbonyl (C=O) groups excluding carboxylic acids is 1. The molecular weight excluding hydrogens is 254 g/mol. The van der Waals surface area contributed by atoms with Crippen molar-refractivity contribution in [2.75, 3.05) is 14.2 Å². The standard InChI is InChI=1S/C16H23NO3/c1-11-8-9-12(10-15(11)20-3)16(19)17(2)13-6-4-5-7-14(13)18/h8-10,13-14,18H,4-7H2,1-3H3. The minimum atomic E-state index is -0.412. The van der Waals surface area contributed by atoms with Gasteiger partial charge in [-0.1, -0.05) is 18.9 Å². The highest BCUT2D eigenvalue weighted by atomic mass is 16.5. The molecule has 2 atom stereocenters. The number of methoxy groups -OCH3 is 1. The van der Waals surface area contributed by atoms with Crippen LogP contribution in [-0.4, -0.2) is 42.2 Å². The predicted octanol–water partition coefficient (Wildman–Crippen LogP) is 2.38. The molecule has 1 aliphatic carbocycles. The fourth-order valence-electron chi connectivity index (χ4n) is 2.85. The molecule has 0 spiro atoms. The van der Waals surface area contributed by atoms with Crippen LogP contribution in [0.2, 0.25) is 0 Å². The molecule has 1 aromatic rings. The lowest BCUT2D eigenvalue weighted by Crippen LogP contribution is -2.46. The van der Waals surface area contributed by atoms with E-state index in [0.29, 0.717) is 11.3 Å². The fraction of sp³-hybridized carbons (Fsp3) is 0.562. The third kappa shape index (κ3) is 2.96. The summed E-state index contributed by atoms with van der Waals surface area (Å²) < 4.78 is 5.26. The Morgan fingerprint density at radius 3 is 2.70 bits per heavy atom. The molecule has 1 fully saturated rings. The van der Waals surface area contributed by atoms with Gasteiger partial charge < -0.3 is 14.7 Å². The average Bonchev–Trinajstić information content (AvgIpc) is 2.47. The lowest BCUT2D eigenvalue weighted by atomic mass is 9.91. The van der Waals surface area contributed by atoms with Crippen molar-refractivity contribution in [2.45, 2.75) is 44.8 Å². The predicted molar refractivity (Wildman–Crippen MR) is 78.1 cm³/mol. The van der Waals surface area contributed by atoms with Crippen molar-refractivity contribution in [3.63, 3.8) is 0 Å². The Balaban J connectivity index is 2.17. The third-order valence-corrected chi connectivity index (χ3v) is 4.17. The summed E-state index contributed by atoms with van der Waals surface area (Å²) in [7, 11) is 3.37. The van der Waals surface area contributed by atoms with Gasteiger partial charge in [0.15, 0.2) is 0 Å². The Labute approximate surface area is 120 Å².